The summed E-state index contributed by atoms with van der Waals surface area (Å²) in [5.74, 6) is 1.56. The third-order valence-corrected chi connectivity index (χ3v) is 5.36. The molecule has 2 atom stereocenters. The Balaban J connectivity index is 1.97. The summed E-state index contributed by atoms with van der Waals surface area (Å²) in [5.41, 5.74) is 2.82. The molecule has 1 aliphatic rings. The van der Waals surface area contributed by atoms with Gasteiger partial charge in [-0.15, -0.1) is 11.3 Å². The first-order chi connectivity index (χ1) is 10.3. The van der Waals surface area contributed by atoms with E-state index in [1.165, 1.54) is 30.4 Å². The average Bonchev–Trinajstić information content (AvgIpc) is 2.99. The van der Waals surface area contributed by atoms with Gasteiger partial charge in [0.15, 0.2) is 0 Å². The van der Waals surface area contributed by atoms with Gasteiger partial charge in [0.25, 0.3) is 0 Å². The van der Waals surface area contributed by atoms with E-state index in [0.29, 0.717) is 18.6 Å². The highest BCUT2D eigenvalue weighted by Gasteiger charge is 2.30. The van der Waals surface area contributed by atoms with Crippen LogP contribution in [0, 0.1) is 0 Å². The molecule has 2 aromatic rings. The van der Waals surface area contributed by atoms with E-state index in [4.69, 9.17) is 4.74 Å². The van der Waals surface area contributed by atoms with Gasteiger partial charge in [-0.2, -0.15) is 0 Å². The van der Waals surface area contributed by atoms with E-state index in [0.717, 1.165) is 5.75 Å². The molecule has 1 heterocycles. The van der Waals surface area contributed by atoms with E-state index in [9.17, 15) is 0 Å². The number of thiophene rings is 1. The first-order valence-corrected chi connectivity index (χ1v) is 8.68. The van der Waals surface area contributed by atoms with E-state index in [2.05, 4.69) is 48.1 Å². The van der Waals surface area contributed by atoms with Gasteiger partial charge in [0.1, 0.15) is 5.75 Å². The van der Waals surface area contributed by atoms with Crippen LogP contribution in [0.15, 0.2) is 35.7 Å². The molecule has 1 aromatic carbocycles. The number of likely N-dealkylation sites (N-methyl/N-ethyl adjacent to an activating group) is 1. The summed E-state index contributed by atoms with van der Waals surface area (Å²) < 4.78 is 5.84. The molecule has 0 spiro atoms. The number of ether oxygens (including phenoxy) is 1. The predicted molar refractivity (Wildman–Crippen MR) is 89.4 cm³/mol. The number of hydrogen-bond donors (Lipinski definition) is 1. The summed E-state index contributed by atoms with van der Waals surface area (Å²) in [6.45, 7) is 2.75. The van der Waals surface area contributed by atoms with Gasteiger partial charge in [0.05, 0.1) is 6.61 Å². The van der Waals surface area contributed by atoms with Crippen LogP contribution in [0.25, 0.3) is 0 Å². The van der Waals surface area contributed by atoms with Crippen LogP contribution in [-0.2, 0) is 6.42 Å². The third kappa shape index (κ3) is 2.85. The molecule has 1 aromatic heterocycles. The molecular formula is C18H23NOS. The van der Waals surface area contributed by atoms with Crippen molar-refractivity contribution in [2.75, 3.05) is 13.7 Å². The lowest BCUT2D eigenvalue weighted by atomic mass is 9.79. The zero-order valence-electron chi connectivity index (χ0n) is 12.8. The van der Waals surface area contributed by atoms with E-state index in [1.54, 1.807) is 4.88 Å². The molecule has 0 aliphatic heterocycles. The van der Waals surface area contributed by atoms with Crippen molar-refractivity contribution < 1.29 is 4.74 Å². The minimum absolute atomic E-state index is 0.321. The van der Waals surface area contributed by atoms with Crippen molar-refractivity contribution in [3.63, 3.8) is 0 Å². The largest absolute Gasteiger partial charge is 0.494 e. The molecule has 0 fully saturated rings. The number of hydrogen-bond acceptors (Lipinski definition) is 3. The Morgan fingerprint density at radius 1 is 1.33 bits per heavy atom. The molecule has 0 bridgehead atoms. The quantitative estimate of drug-likeness (QED) is 0.876. The molecule has 2 nitrogen and oxygen atoms in total. The fourth-order valence-corrected chi connectivity index (χ4v) is 4.46. The molecule has 0 amide bonds. The predicted octanol–water partition coefficient (Wildman–Crippen LogP) is 4.53. The lowest BCUT2D eigenvalue weighted by Crippen LogP contribution is -2.26. The van der Waals surface area contributed by atoms with Gasteiger partial charge in [-0.3, -0.25) is 0 Å². The van der Waals surface area contributed by atoms with Gasteiger partial charge in [-0.05, 0) is 56.3 Å². The standard InChI is InChI=1S/C18H23NOS/c1-3-20-16-9-5-4-7-15(16)18(19-2)14-8-6-10-17-13(14)11-12-21-17/h4-5,7,9,11-12,14,18-19H,3,6,8,10H2,1-2H3. The first-order valence-electron chi connectivity index (χ1n) is 7.80. The van der Waals surface area contributed by atoms with Crippen LogP contribution >= 0.6 is 11.3 Å². The minimum Gasteiger partial charge on any atom is -0.494 e. The third-order valence-electron chi connectivity index (χ3n) is 4.37. The fourth-order valence-electron chi connectivity index (χ4n) is 3.47. The Morgan fingerprint density at radius 2 is 2.19 bits per heavy atom. The Bertz CT molecular complexity index is 592. The molecule has 21 heavy (non-hydrogen) atoms. The maximum absolute atomic E-state index is 5.84. The van der Waals surface area contributed by atoms with Gasteiger partial charge in [0, 0.05) is 22.4 Å². The maximum atomic E-state index is 5.84. The lowest BCUT2D eigenvalue weighted by Gasteiger charge is -2.31. The molecule has 0 saturated carbocycles. The SMILES string of the molecule is CCOc1ccccc1C(NC)C1CCCc2sccc21. The highest BCUT2D eigenvalue weighted by atomic mass is 32.1. The van der Waals surface area contributed by atoms with Crippen LogP contribution in [-0.4, -0.2) is 13.7 Å². The van der Waals surface area contributed by atoms with E-state index in [1.807, 2.05) is 18.3 Å². The molecule has 1 aliphatic carbocycles. The number of nitrogens with one attached hydrogen (secondary N) is 1. The second-order valence-corrected chi connectivity index (χ2v) is 6.54. The van der Waals surface area contributed by atoms with Crippen LogP contribution in [0.2, 0.25) is 0 Å². The molecule has 112 valence electrons. The zero-order chi connectivity index (χ0) is 14.7. The van der Waals surface area contributed by atoms with Gasteiger partial charge in [-0.25, -0.2) is 0 Å². The number of rotatable bonds is 5. The first kappa shape index (κ1) is 14.6. The second kappa shape index (κ2) is 6.63. The van der Waals surface area contributed by atoms with Crippen molar-refractivity contribution in [1.82, 2.24) is 5.32 Å². The molecule has 1 N–H and O–H groups in total. The van der Waals surface area contributed by atoms with Crippen molar-refractivity contribution in [2.24, 2.45) is 0 Å². The summed E-state index contributed by atoms with van der Waals surface area (Å²) in [7, 11) is 2.06. The average molecular weight is 301 g/mol. The number of para-hydroxylation sites is 1. The highest BCUT2D eigenvalue weighted by Crippen LogP contribution is 2.44. The Kier molecular flexibility index (Phi) is 4.61. The van der Waals surface area contributed by atoms with Crippen molar-refractivity contribution in [3.05, 3.63) is 51.7 Å². The summed E-state index contributed by atoms with van der Waals surface area (Å²) in [4.78, 5) is 1.57. The number of benzene rings is 1. The van der Waals surface area contributed by atoms with Gasteiger partial charge >= 0.3 is 0 Å². The highest BCUT2D eigenvalue weighted by molar-refractivity contribution is 7.10. The van der Waals surface area contributed by atoms with Crippen molar-refractivity contribution in [2.45, 2.75) is 38.1 Å². The van der Waals surface area contributed by atoms with Crippen LogP contribution in [0.5, 0.6) is 5.75 Å². The Labute approximate surface area is 131 Å². The second-order valence-electron chi connectivity index (χ2n) is 5.54. The summed E-state index contributed by atoms with van der Waals surface area (Å²) in [6.07, 6.45) is 3.77. The van der Waals surface area contributed by atoms with Gasteiger partial charge in [0.2, 0.25) is 0 Å². The smallest absolute Gasteiger partial charge is 0.124 e. The van der Waals surface area contributed by atoms with E-state index < -0.39 is 0 Å². The normalized spacial score (nSPS) is 19.0. The number of fused-ring (bicyclic) bond motifs is 1. The molecule has 3 rings (SSSR count). The lowest BCUT2D eigenvalue weighted by molar-refractivity contribution is 0.325. The van der Waals surface area contributed by atoms with Crippen molar-refractivity contribution in [1.29, 1.82) is 0 Å². The topological polar surface area (TPSA) is 21.3 Å². The number of aryl methyl sites for hydroxylation is 1. The molecule has 2 unspecified atom stereocenters. The molecule has 0 radical (unpaired) electrons. The van der Waals surface area contributed by atoms with Crippen LogP contribution in [0.4, 0.5) is 0 Å². The van der Waals surface area contributed by atoms with Gasteiger partial charge in [-0.1, -0.05) is 18.2 Å². The molecular weight excluding hydrogens is 278 g/mol. The Morgan fingerprint density at radius 3 is 3.00 bits per heavy atom. The Hall–Kier alpha value is -1.32. The van der Waals surface area contributed by atoms with Crippen LogP contribution in [0.3, 0.4) is 0 Å². The fraction of sp³-hybridized carbons (Fsp3) is 0.444. The van der Waals surface area contributed by atoms with Crippen LogP contribution < -0.4 is 10.1 Å². The summed E-state index contributed by atoms with van der Waals surface area (Å²) >= 11 is 1.91. The minimum atomic E-state index is 0.321. The zero-order valence-corrected chi connectivity index (χ0v) is 13.6. The molecule has 3 heteroatoms. The monoisotopic (exact) mass is 301 g/mol. The van der Waals surface area contributed by atoms with Crippen molar-refractivity contribution >= 4 is 11.3 Å². The van der Waals surface area contributed by atoms with E-state index in [-0.39, 0.29) is 0 Å². The van der Waals surface area contributed by atoms with E-state index >= 15 is 0 Å². The summed E-state index contributed by atoms with van der Waals surface area (Å²) in [6, 6.07) is 11.1. The van der Waals surface area contributed by atoms with Crippen molar-refractivity contribution in [3.8, 4) is 5.75 Å². The maximum Gasteiger partial charge on any atom is 0.124 e. The summed E-state index contributed by atoms with van der Waals surface area (Å²) in [5, 5.41) is 5.78. The van der Waals surface area contributed by atoms with Crippen LogP contribution in [0.1, 0.15) is 47.7 Å². The molecule has 0 saturated heterocycles. The van der Waals surface area contributed by atoms with Gasteiger partial charge < -0.3 is 10.1 Å².